The topological polar surface area (TPSA) is 33.9 Å². The molecule has 1 aliphatic carbocycles. The Bertz CT molecular complexity index is 2020. The van der Waals surface area contributed by atoms with Crippen molar-refractivity contribution in [2.24, 2.45) is 4.99 Å². The molecule has 1 aromatic heterocycles. The van der Waals surface area contributed by atoms with Gasteiger partial charge in [0.2, 0.25) is 6.17 Å². The molecule has 0 bridgehead atoms. The van der Waals surface area contributed by atoms with Gasteiger partial charge >= 0.3 is 0 Å². The van der Waals surface area contributed by atoms with Crippen molar-refractivity contribution < 1.29 is 5.32 Å². The van der Waals surface area contributed by atoms with E-state index >= 15 is 0 Å². The number of hydrogen-bond acceptors (Lipinski definition) is 1. The molecule has 0 saturated heterocycles. The van der Waals surface area contributed by atoms with Crippen molar-refractivity contribution in [1.29, 1.82) is 0 Å². The standard InChI is InChI=1S/C35H25N3/c1-35(2)27-13-7-6-12-22(27)23-18-24-25-16-21(20-10-4-3-5-11-20)17-26-32-34(37-30-15-9-8-14-29(30)36-32)38(33(25)26)31(24)19-28(23)35/h3-19,34,37H,1-2H3/p+1. The van der Waals surface area contributed by atoms with Gasteiger partial charge < -0.3 is 0 Å². The highest BCUT2D eigenvalue weighted by Gasteiger charge is 2.41. The van der Waals surface area contributed by atoms with Crippen molar-refractivity contribution in [2.45, 2.75) is 25.4 Å². The van der Waals surface area contributed by atoms with Crippen LogP contribution < -0.4 is 5.32 Å². The van der Waals surface area contributed by atoms with Crippen LogP contribution in [0.4, 0.5) is 11.4 Å². The van der Waals surface area contributed by atoms with Crippen molar-refractivity contribution >= 4 is 38.9 Å². The quantitative estimate of drug-likeness (QED) is 0.231. The number of fused-ring (bicyclic) bond motifs is 10. The molecular weight excluding hydrogens is 462 g/mol. The Kier molecular flexibility index (Phi) is 3.73. The Balaban J connectivity index is 1.42. The van der Waals surface area contributed by atoms with Crippen LogP contribution in [-0.2, 0) is 5.41 Å². The van der Waals surface area contributed by atoms with Crippen LogP contribution in [-0.4, -0.2) is 10.3 Å². The first-order chi connectivity index (χ1) is 18.6. The summed E-state index contributed by atoms with van der Waals surface area (Å²) in [7, 11) is 0. The van der Waals surface area contributed by atoms with Crippen molar-refractivity contribution in [1.82, 2.24) is 4.57 Å². The molecule has 2 aliphatic heterocycles. The van der Waals surface area contributed by atoms with Crippen molar-refractivity contribution in [3.05, 3.63) is 120 Å². The van der Waals surface area contributed by atoms with Gasteiger partial charge in [-0.15, -0.1) is 0 Å². The zero-order chi connectivity index (χ0) is 25.2. The minimum absolute atomic E-state index is 0.0344. The van der Waals surface area contributed by atoms with Crippen molar-refractivity contribution in [2.75, 3.05) is 0 Å². The van der Waals surface area contributed by atoms with Gasteiger partial charge in [-0.25, -0.2) is 4.99 Å². The third kappa shape index (κ3) is 2.45. The fourth-order valence-electron chi connectivity index (χ4n) is 7.24. The summed E-state index contributed by atoms with van der Waals surface area (Å²) in [6, 6.07) is 37.9. The molecule has 3 aliphatic rings. The molecule has 1 atom stereocenters. The van der Waals surface area contributed by atoms with Gasteiger partial charge in [-0.05, 0) is 63.7 Å². The van der Waals surface area contributed by atoms with E-state index in [-0.39, 0.29) is 11.6 Å². The lowest BCUT2D eigenvalue weighted by Crippen LogP contribution is -2.82. The predicted molar refractivity (Wildman–Crippen MR) is 156 cm³/mol. The summed E-state index contributed by atoms with van der Waals surface area (Å²) in [4.78, 5) is 5.26. The van der Waals surface area contributed by atoms with Gasteiger partial charge in [-0.1, -0.05) is 80.6 Å². The maximum absolute atomic E-state index is 5.26. The summed E-state index contributed by atoms with van der Waals surface area (Å²) >= 11 is 0. The molecule has 3 nitrogen and oxygen atoms in total. The second-order valence-corrected chi connectivity index (χ2v) is 11.4. The Morgan fingerprint density at radius 2 is 1.47 bits per heavy atom. The molecule has 180 valence electrons. The Labute approximate surface area is 221 Å². The maximum Gasteiger partial charge on any atom is 0.215 e. The zero-order valence-corrected chi connectivity index (χ0v) is 21.4. The molecule has 0 radical (unpaired) electrons. The van der Waals surface area contributed by atoms with Crippen molar-refractivity contribution in [3.8, 4) is 22.3 Å². The largest absolute Gasteiger partial charge is 0.287 e. The van der Waals surface area contributed by atoms with Gasteiger partial charge in [-0.2, -0.15) is 0 Å². The fraction of sp³-hybridized carbons (Fsp3) is 0.114. The number of quaternary nitrogens is 1. The maximum atomic E-state index is 5.26. The molecule has 0 fully saturated rings. The van der Waals surface area contributed by atoms with Crippen LogP contribution in [0.3, 0.4) is 0 Å². The fourth-order valence-corrected chi connectivity index (χ4v) is 7.24. The highest BCUT2D eigenvalue weighted by atomic mass is 15.2. The van der Waals surface area contributed by atoms with E-state index in [0.717, 1.165) is 11.4 Å². The van der Waals surface area contributed by atoms with E-state index in [4.69, 9.17) is 4.99 Å². The lowest BCUT2D eigenvalue weighted by molar-refractivity contribution is -0.614. The van der Waals surface area contributed by atoms with Gasteiger partial charge in [0.25, 0.3) is 0 Å². The average molecular weight is 489 g/mol. The molecular formula is C35H26N3+. The van der Waals surface area contributed by atoms with E-state index in [1.165, 1.54) is 66.4 Å². The van der Waals surface area contributed by atoms with Crippen LogP contribution in [0.5, 0.6) is 0 Å². The molecule has 9 rings (SSSR count). The van der Waals surface area contributed by atoms with E-state index < -0.39 is 0 Å². The number of para-hydroxylation sites is 2. The summed E-state index contributed by atoms with van der Waals surface area (Å²) in [5.74, 6) is 0. The van der Waals surface area contributed by atoms with Gasteiger partial charge in [0.1, 0.15) is 11.4 Å². The second-order valence-electron chi connectivity index (χ2n) is 11.4. The molecule has 0 amide bonds. The highest BCUT2D eigenvalue weighted by Crippen LogP contribution is 2.52. The Morgan fingerprint density at radius 1 is 0.684 bits per heavy atom. The van der Waals surface area contributed by atoms with Gasteiger partial charge in [0.05, 0.1) is 11.0 Å². The number of aliphatic imine (C=N–C) groups is 1. The summed E-state index contributed by atoms with van der Waals surface area (Å²) in [6.45, 7) is 4.73. The number of rotatable bonds is 1. The van der Waals surface area contributed by atoms with Crippen LogP contribution in [0.25, 0.3) is 44.1 Å². The van der Waals surface area contributed by atoms with Crippen LogP contribution in [0.15, 0.2) is 108 Å². The normalized spacial score (nSPS) is 17.7. The minimum atomic E-state index is -0.0344. The molecule has 5 aromatic carbocycles. The average Bonchev–Trinajstić information content (AvgIpc) is 3.53. The number of aromatic nitrogens is 1. The molecule has 3 heterocycles. The Hall–Kier alpha value is -4.47. The monoisotopic (exact) mass is 488 g/mol. The van der Waals surface area contributed by atoms with Gasteiger partial charge in [0, 0.05) is 27.8 Å². The van der Waals surface area contributed by atoms with Crippen LogP contribution in [0.2, 0.25) is 0 Å². The smallest absolute Gasteiger partial charge is 0.215 e. The number of benzene rings is 5. The first kappa shape index (κ1) is 20.6. The van der Waals surface area contributed by atoms with Crippen LogP contribution >= 0.6 is 0 Å². The molecule has 1 unspecified atom stereocenters. The van der Waals surface area contributed by atoms with E-state index in [1.54, 1.807) is 0 Å². The third-order valence-electron chi connectivity index (χ3n) is 9.06. The molecule has 3 heteroatoms. The van der Waals surface area contributed by atoms with Gasteiger partial charge in [-0.3, -0.25) is 9.88 Å². The highest BCUT2D eigenvalue weighted by molar-refractivity contribution is 6.24. The van der Waals surface area contributed by atoms with E-state index in [1.807, 2.05) is 0 Å². The number of nitrogens with two attached hydrogens (primary N) is 1. The predicted octanol–water partition coefficient (Wildman–Crippen LogP) is 7.61. The Morgan fingerprint density at radius 3 is 2.37 bits per heavy atom. The van der Waals surface area contributed by atoms with Gasteiger partial charge in [0.15, 0.2) is 5.69 Å². The summed E-state index contributed by atoms with van der Waals surface area (Å²) in [5.41, 5.74) is 15.3. The zero-order valence-electron chi connectivity index (χ0n) is 21.4. The van der Waals surface area contributed by atoms with E-state index in [2.05, 4.69) is 127 Å². The third-order valence-corrected chi connectivity index (χ3v) is 9.06. The molecule has 38 heavy (non-hydrogen) atoms. The van der Waals surface area contributed by atoms with E-state index in [9.17, 15) is 0 Å². The first-order valence-electron chi connectivity index (χ1n) is 13.4. The number of nitrogens with zero attached hydrogens (tertiary/aromatic N) is 2. The molecule has 0 saturated carbocycles. The number of hydrogen-bond donors (Lipinski definition) is 1. The van der Waals surface area contributed by atoms with Crippen LogP contribution in [0, 0.1) is 0 Å². The first-order valence-corrected chi connectivity index (χ1v) is 13.4. The molecule has 6 aromatic rings. The lowest BCUT2D eigenvalue weighted by atomic mass is 9.82. The second kappa shape index (κ2) is 6.89. The minimum Gasteiger partial charge on any atom is -0.287 e. The summed E-state index contributed by atoms with van der Waals surface area (Å²) < 4.78 is 2.56. The summed E-state index contributed by atoms with van der Waals surface area (Å²) in [5, 5.41) is 5.05. The van der Waals surface area contributed by atoms with Crippen molar-refractivity contribution in [3.63, 3.8) is 0 Å². The van der Waals surface area contributed by atoms with E-state index in [0.29, 0.717) is 0 Å². The lowest BCUT2D eigenvalue weighted by Gasteiger charge is -2.23. The SMILES string of the molecule is CC1(C)c2ccccc2-c2cc3c4cc(-c5ccccc5)cc5c4n(c3cc21)C1[NH2+]c2ccccc2N=C51. The summed E-state index contributed by atoms with van der Waals surface area (Å²) in [6.07, 6.45) is 0.0934. The van der Waals surface area contributed by atoms with Crippen LogP contribution in [0.1, 0.15) is 36.7 Å². The molecule has 2 N–H and O–H groups in total. The molecule has 0 spiro atoms.